The lowest BCUT2D eigenvalue weighted by atomic mass is 10.0. The van der Waals surface area contributed by atoms with E-state index in [9.17, 15) is 10.1 Å². The minimum atomic E-state index is -0.232. The van der Waals surface area contributed by atoms with Crippen molar-refractivity contribution in [1.82, 2.24) is 10.2 Å². The van der Waals surface area contributed by atoms with E-state index in [1.807, 2.05) is 44.2 Å². The molecule has 2 aromatic carbocycles. The van der Waals surface area contributed by atoms with E-state index < -0.39 is 0 Å². The van der Waals surface area contributed by atoms with Gasteiger partial charge in [0.1, 0.15) is 0 Å². The van der Waals surface area contributed by atoms with Gasteiger partial charge in [0, 0.05) is 6.04 Å². The fourth-order valence-corrected chi connectivity index (χ4v) is 3.94. The Labute approximate surface area is 170 Å². The zero-order valence-corrected chi connectivity index (χ0v) is 16.6. The Bertz CT molecular complexity index is 958. The molecule has 0 bridgehead atoms. The predicted molar refractivity (Wildman–Crippen MR) is 108 cm³/mol. The second-order valence-electron chi connectivity index (χ2n) is 7.14. The van der Waals surface area contributed by atoms with E-state index in [-0.39, 0.29) is 24.0 Å². The van der Waals surface area contributed by atoms with Gasteiger partial charge in [-0.05, 0) is 49.1 Å². The van der Waals surface area contributed by atoms with Crippen molar-refractivity contribution in [3.05, 3.63) is 58.6 Å². The summed E-state index contributed by atoms with van der Waals surface area (Å²) in [6, 6.07) is 15.2. The van der Waals surface area contributed by atoms with Crippen LogP contribution < -0.4 is 5.32 Å². The number of rotatable bonds is 4. The van der Waals surface area contributed by atoms with Crippen molar-refractivity contribution in [1.29, 1.82) is 10.5 Å². The summed E-state index contributed by atoms with van der Waals surface area (Å²) in [6.07, 6.45) is 3.30. The van der Waals surface area contributed by atoms with Crippen LogP contribution in [0.4, 0.5) is 0 Å². The number of carbonyl (C=O) groups is 1. The molecule has 1 aliphatic heterocycles. The highest BCUT2D eigenvalue weighted by Crippen LogP contribution is 2.28. The SMILES string of the molecule is C[C@@H]1[C@H](NC(=O)c2ccc(-c3ccc(CC#N)cc3)cc2Cl)C[C@H](C)N1C#N. The Morgan fingerprint density at radius 1 is 1.18 bits per heavy atom. The summed E-state index contributed by atoms with van der Waals surface area (Å²) in [7, 11) is 0. The van der Waals surface area contributed by atoms with Gasteiger partial charge in [-0.3, -0.25) is 4.79 Å². The molecule has 0 spiro atoms. The fraction of sp³-hybridized carbons (Fsp3) is 0.318. The smallest absolute Gasteiger partial charge is 0.253 e. The van der Waals surface area contributed by atoms with E-state index >= 15 is 0 Å². The lowest BCUT2D eigenvalue weighted by molar-refractivity contribution is 0.0931. The molecule has 6 heteroatoms. The van der Waals surface area contributed by atoms with Crippen molar-refractivity contribution in [2.45, 2.75) is 44.8 Å². The summed E-state index contributed by atoms with van der Waals surface area (Å²) in [5.41, 5.74) is 3.25. The van der Waals surface area contributed by atoms with Gasteiger partial charge in [0.05, 0.1) is 35.2 Å². The molecule has 0 aromatic heterocycles. The topological polar surface area (TPSA) is 79.9 Å². The van der Waals surface area contributed by atoms with Crippen LogP contribution >= 0.6 is 11.6 Å². The average Bonchev–Trinajstić information content (AvgIpc) is 2.95. The minimum Gasteiger partial charge on any atom is -0.347 e. The molecule has 0 unspecified atom stereocenters. The zero-order valence-electron chi connectivity index (χ0n) is 15.8. The number of carbonyl (C=O) groups excluding carboxylic acids is 1. The lowest BCUT2D eigenvalue weighted by Gasteiger charge is -2.22. The quantitative estimate of drug-likeness (QED) is 0.793. The summed E-state index contributed by atoms with van der Waals surface area (Å²) in [5.74, 6) is -0.232. The van der Waals surface area contributed by atoms with Crippen LogP contribution in [0.15, 0.2) is 42.5 Å². The summed E-state index contributed by atoms with van der Waals surface area (Å²) in [5, 5.41) is 21.4. The maximum absolute atomic E-state index is 12.7. The molecule has 142 valence electrons. The Balaban J connectivity index is 1.74. The molecule has 0 aliphatic carbocycles. The van der Waals surface area contributed by atoms with Crippen molar-refractivity contribution < 1.29 is 4.79 Å². The molecule has 1 heterocycles. The first-order chi connectivity index (χ1) is 13.4. The Morgan fingerprint density at radius 2 is 1.86 bits per heavy atom. The molecule has 1 aliphatic rings. The van der Waals surface area contributed by atoms with Crippen LogP contribution in [0.3, 0.4) is 0 Å². The molecule has 28 heavy (non-hydrogen) atoms. The largest absolute Gasteiger partial charge is 0.347 e. The van der Waals surface area contributed by atoms with E-state index in [1.165, 1.54) is 0 Å². The second kappa shape index (κ2) is 8.33. The summed E-state index contributed by atoms with van der Waals surface area (Å²) in [4.78, 5) is 14.4. The van der Waals surface area contributed by atoms with Gasteiger partial charge < -0.3 is 10.2 Å². The number of hydrogen-bond acceptors (Lipinski definition) is 4. The molecule has 0 saturated carbocycles. The number of benzene rings is 2. The van der Waals surface area contributed by atoms with Gasteiger partial charge in [0.15, 0.2) is 6.19 Å². The third kappa shape index (κ3) is 3.96. The number of likely N-dealkylation sites (tertiary alicyclic amines) is 1. The highest BCUT2D eigenvalue weighted by atomic mass is 35.5. The van der Waals surface area contributed by atoms with E-state index in [4.69, 9.17) is 16.9 Å². The number of hydrogen-bond donors (Lipinski definition) is 1. The second-order valence-corrected chi connectivity index (χ2v) is 7.55. The first-order valence-electron chi connectivity index (χ1n) is 9.19. The molecular formula is C22H21ClN4O. The van der Waals surface area contributed by atoms with E-state index in [1.54, 1.807) is 17.0 Å². The molecular weight excluding hydrogens is 372 g/mol. The maximum atomic E-state index is 12.7. The zero-order chi connectivity index (χ0) is 20.3. The molecule has 1 fully saturated rings. The fourth-order valence-electron chi connectivity index (χ4n) is 3.67. The Hall–Kier alpha value is -3.02. The average molecular weight is 393 g/mol. The van der Waals surface area contributed by atoms with Gasteiger partial charge in [-0.25, -0.2) is 0 Å². The third-order valence-corrected chi connectivity index (χ3v) is 5.62. The Morgan fingerprint density at radius 3 is 2.43 bits per heavy atom. The monoisotopic (exact) mass is 392 g/mol. The van der Waals surface area contributed by atoms with Gasteiger partial charge in [-0.15, -0.1) is 0 Å². The number of nitriles is 2. The van der Waals surface area contributed by atoms with Crippen LogP contribution in [0, 0.1) is 22.8 Å². The summed E-state index contributed by atoms with van der Waals surface area (Å²) >= 11 is 6.39. The molecule has 5 nitrogen and oxygen atoms in total. The summed E-state index contributed by atoms with van der Waals surface area (Å²) < 4.78 is 0. The minimum absolute atomic E-state index is 0.0473. The molecule has 2 aromatic rings. The predicted octanol–water partition coefficient (Wildman–Crippen LogP) is 4.14. The Kier molecular flexibility index (Phi) is 5.87. The number of nitrogens with zero attached hydrogens (tertiary/aromatic N) is 3. The van der Waals surface area contributed by atoms with Crippen molar-refractivity contribution in [3.8, 4) is 23.4 Å². The van der Waals surface area contributed by atoms with E-state index in [0.29, 0.717) is 17.0 Å². The maximum Gasteiger partial charge on any atom is 0.253 e. The highest BCUT2D eigenvalue weighted by molar-refractivity contribution is 6.34. The highest BCUT2D eigenvalue weighted by Gasteiger charge is 2.36. The van der Waals surface area contributed by atoms with Gasteiger partial charge in [-0.2, -0.15) is 10.5 Å². The van der Waals surface area contributed by atoms with Gasteiger partial charge >= 0.3 is 0 Å². The van der Waals surface area contributed by atoms with E-state index in [0.717, 1.165) is 23.1 Å². The van der Waals surface area contributed by atoms with E-state index in [2.05, 4.69) is 17.6 Å². The molecule has 1 N–H and O–H groups in total. The van der Waals surface area contributed by atoms with Crippen molar-refractivity contribution in [2.75, 3.05) is 0 Å². The standard InChI is InChI=1S/C22H21ClN4O/c1-14-11-21(15(2)27(14)13-25)26-22(28)19-8-7-18(12-20(19)23)17-5-3-16(4-6-17)9-10-24/h3-8,12,14-15,21H,9,11H2,1-2H3,(H,26,28)/t14-,15+,21+/m0/s1. The van der Waals surface area contributed by atoms with Crippen LogP contribution in [-0.4, -0.2) is 28.9 Å². The number of nitrogens with one attached hydrogen (secondary N) is 1. The van der Waals surface area contributed by atoms with Crippen LogP contribution in [0.2, 0.25) is 5.02 Å². The van der Waals surface area contributed by atoms with Crippen LogP contribution in [0.5, 0.6) is 0 Å². The molecule has 1 amide bonds. The van der Waals surface area contributed by atoms with Crippen molar-refractivity contribution >= 4 is 17.5 Å². The number of halogens is 1. The number of amides is 1. The third-order valence-electron chi connectivity index (χ3n) is 5.31. The molecule has 3 rings (SSSR count). The van der Waals surface area contributed by atoms with Crippen LogP contribution in [-0.2, 0) is 6.42 Å². The van der Waals surface area contributed by atoms with Crippen LogP contribution in [0.25, 0.3) is 11.1 Å². The van der Waals surface area contributed by atoms with Gasteiger partial charge in [0.25, 0.3) is 5.91 Å². The molecule has 0 radical (unpaired) electrons. The van der Waals surface area contributed by atoms with Crippen molar-refractivity contribution in [2.24, 2.45) is 0 Å². The van der Waals surface area contributed by atoms with Crippen molar-refractivity contribution in [3.63, 3.8) is 0 Å². The normalized spacial score (nSPS) is 21.0. The molecule has 3 atom stereocenters. The van der Waals surface area contributed by atoms with Gasteiger partial charge in [0.2, 0.25) is 0 Å². The summed E-state index contributed by atoms with van der Waals surface area (Å²) in [6.45, 7) is 3.92. The molecule has 1 saturated heterocycles. The first kappa shape index (κ1) is 19.7. The van der Waals surface area contributed by atoms with Gasteiger partial charge in [-0.1, -0.05) is 41.9 Å². The lowest BCUT2D eigenvalue weighted by Crippen LogP contribution is -2.42. The van der Waals surface area contributed by atoms with Crippen LogP contribution in [0.1, 0.15) is 36.2 Å². The first-order valence-corrected chi connectivity index (χ1v) is 9.57.